The second-order valence-corrected chi connectivity index (χ2v) is 6.50. The molecule has 1 fully saturated rings. The van der Waals surface area contributed by atoms with Gasteiger partial charge in [0.15, 0.2) is 5.03 Å². The maximum atomic E-state index is 12.4. The van der Waals surface area contributed by atoms with Gasteiger partial charge in [0, 0.05) is 38.9 Å². The van der Waals surface area contributed by atoms with Crippen LogP contribution >= 0.6 is 0 Å². The van der Waals surface area contributed by atoms with Gasteiger partial charge in [0.05, 0.1) is 0 Å². The molecule has 0 spiro atoms. The number of piperazine rings is 1. The molecule has 1 saturated heterocycles. The van der Waals surface area contributed by atoms with Gasteiger partial charge in [0.1, 0.15) is 5.82 Å². The van der Waals surface area contributed by atoms with Crippen LogP contribution in [0.5, 0.6) is 0 Å². The zero-order chi connectivity index (χ0) is 13.3. The molecule has 1 aliphatic rings. The number of aryl methyl sites for hydroxylation is 2. The summed E-state index contributed by atoms with van der Waals surface area (Å²) in [5, 5.41) is 0.173. The average molecular weight is 272 g/mol. The summed E-state index contributed by atoms with van der Waals surface area (Å²) in [5.41, 5.74) is 0. The van der Waals surface area contributed by atoms with Crippen molar-refractivity contribution in [3.05, 3.63) is 12.0 Å². The van der Waals surface area contributed by atoms with Crippen molar-refractivity contribution in [1.82, 2.24) is 18.8 Å². The summed E-state index contributed by atoms with van der Waals surface area (Å²) in [6.07, 6.45) is 1.63. The third-order valence-corrected chi connectivity index (χ3v) is 5.13. The zero-order valence-corrected chi connectivity index (χ0v) is 11.9. The Balaban J connectivity index is 2.24. The minimum atomic E-state index is -3.42. The molecule has 0 aliphatic carbocycles. The van der Waals surface area contributed by atoms with Crippen LogP contribution in [-0.4, -0.2) is 60.4 Å². The highest BCUT2D eigenvalue weighted by Crippen LogP contribution is 2.16. The highest BCUT2D eigenvalue weighted by atomic mass is 32.2. The normalized spacial score (nSPS) is 19.3. The predicted octanol–water partition coefficient (Wildman–Crippen LogP) is 0.148. The van der Waals surface area contributed by atoms with Gasteiger partial charge < -0.3 is 9.47 Å². The van der Waals surface area contributed by atoms with Gasteiger partial charge in [-0.25, -0.2) is 13.4 Å². The summed E-state index contributed by atoms with van der Waals surface area (Å²) in [6, 6.07) is 0. The molecule has 0 atom stereocenters. The molecule has 1 aromatic heterocycles. The molecule has 0 radical (unpaired) electrons. The number of hydrogen-bond acceptors (Lipinski definition) is 4. The molecule has 0 amide bonds. The van der Waals surface area contributed by atoms with E-state index in [1.807, 2.05) is 25.5 Å². The van der Waals surface area contributed by atoms with Crippen molar-refractivity contribution in [3.8, 4) is 0 Å². The van der Waals surface area contributed by atoms with Crippen molar-refractivity contribution >= 4 is 10.0 Å². The summed E-state index contributed by atoms with van der Waals surface area (Å²) in [5.74, 6) is 0.741. The molecule has 0 aromatic carbocycles. The number of rotatable bonds is 3. The molecule has 0 unspecified atom stereocenters. The van der Waals surface area contributed by atoms with E-state index in [1.54, 1.807) is 6.20 Å². The molecule has 0 saturated carbocycles. The Hall–Kier alpha value is -0.920. The fraction of sp³-hybridized carbons (Fsp3) is 0.727. The minimum absolute atomic E-state index is 0.173. The van der Waals surface area contributed by atoms with Crippen LogP contribution in [0, 0.1) is 6.92 Å². The summed E-state index contributed by atoms with van der Waals surface area (Å²) >= 11 is 0. The molecule has 1 aromatic rings. The van der Waals surface area contributed by atoms with E-state index < -0.39 is 10.0 Å². The van der Waals surface area contributed by atoms with E-state index in [1.165, 1.54) is 4.31 Å². The van der Waals surface area contributed by atoms with E-state index >= 15 is 0 Å². The molecule has 6 nitrogen and oxygen atoms in total. The van der Waals surface area contributed by atoms with Gasteiger partial charge in [0.2, 0.25) is 0 Å². The molecule has 1 aliphatic heterocycles. The van der Waals surface area contributed by atoms with Crippen LogP contribution in [0.2, 0.25) is 0 Å². The van der Waals surface area contributed by atoms with Crippen LogP contribution in [0.15, 0.2) is 11.2 Å². The first kappa shape index (κ1) is 13.5. The Morgan fingerprint density at radius 1 is 1.28 bits per heavy atom. The molecule has 18 heavy (non-hydrogen) atoms. The van der Waals surface area contributed by atoms with Crippen molar-refractivity contribution in [2.45, 2.75) is 25.4 Å². The fourth-order valence-corrected chi connectivity index (χ4v) is 3.50. The molecule has 0 bridgehead atoms. The summed E-state index contributed by atoms with van der Waals surface area (Å²) in [6.45, 7) is 7.15. The smallest absolute Gasteiger partial charge is 0.262 e. The largest absolute Gasteiger partial charge is 0.334 e. The van der Waals surface area contributed by atoms with Crippen molar-refractivity contribution in [1.29, 1.82) is 0 Å². The molecular weight excluding hydrogens is 252 g/mol. The molecule has 0 N–H and O–H groups in total. The van der Waals surface area contributed by atoms with E-state index in [9.17, 15) is 8.42 Å². The highest BCUT2D eigenvalue weighted by molar-refractivity contribution is 7.89. The minimum Gasteiger partial charge on any atom is -0.334 e. The molecule has 102 valence electrons. The van der Waals surface area contributed by atoms with E-state index in [4.69, 9.17) is 0 Å². The lowest BCUT2D eigenvalue weighted by molar-refractivity contribution is 0.222. The Morgan fingerprint density at radius 3 is 2.39 bits per heavy atom. The van der Waals surface area contributed by atoms with Crippen molar-refractivity contribution in [2.75, 3.05) is 33.2 Å². The van der Waals surface area contributed by atoms with Crippen LogP contribution in [0.25, 0.3) is 0 Å². The number of sulfonamides is 1. The lowest BCUT2D eigenvalue weighted by Crippen LogP contribution is -2.47. The summed E-state index contributed by atoms with van der Waals surface area (Å²) in [4.78, 5) is 6.29. The first-order chi connectivity index (χ1) is 8.45. The number of aromatic nitrogens is 2. The van der Waals surface area contributed by atoms with Gasteiger partial charge in [-0.3, -0.25) is 0 Å². The Morgan fingerprint density at radius 2 is 1.89 bits per heavy atom. The predicted molar refractivity (Wildman–Crippen MR) is 68.9 cm³/mol. The van der Waals surface area contributed by atoms with E-state index in [0.717, 1.165) is 25.5 Å². The van der Waals surface area contributed by atoms with Gasteiger partial charge in [-0.05, 0) is 20.9 Å². The summed E-state index contributed by atoms with van der Waals surface area (Å²) in [7, 11) is -1.42. The summed E-state index contributed by atoms with van der Waals surface area (Å²) < 4.78 is 28.2. The Kier molecular flexibility index (Phi) is 3.74. The monoisotopic (exact) mass is 272 g/mol. The van der Waals surface area contributed by atoms with Crippen LogP contribution in [-0.2, 0) is 16.6 Å². The van der Waals surface area contributed by atoms with Crippen LogP contribution in [0.3, 0.4) is 0 Å². The maximum Gasteiger partial charge on any atom is 0.262 e. The average Bonchev–Trinajstić information content (AvgIpc) is 2.72. The van der Waals surface area contributed by atoms with Crippen LogP contribution in [0.4, 0.5) is 0 Å². The van der Waals surface area contributed by atoms with Gasteiger partial charge in [-0.1, -0.05) is 0 Å². The lowest BCUT2D eigenvalue weighted by Gasteiger charge is -2.30. The molecular formula is C11H20N4O2S. The molecule has 7 heteroatoms. The Bertz CT molecular complexity index is 515. The quantitative estimate of drug-likeness (QED) is 0.786. The maximum absolute atomic E-state index is 12.4. The third kappa shape index (κ3) is 2.43. The SMILES string of the molecule is CCn1cc(S(=O)(=O)N2CCN(C)CC2)nc1C. The number of imidazole rings is 1. The van der Waals surface area contributed by atoms with Crippen molar-refractivity contribution in [3.63, 3.8) is 0 Å². The van der Waals surface area contributed by atoms with Crippen LogP contribution < -0.4 is 0 Å². The first-order valence-corrected chi connectivity index (χ1v) is 7.61. The van der Waals surface area contributed by atoms with Gasteiger partial charge in [-0.2, -0.15) is 4.31 Å². The van der Waals surface area contributed by atoms with Gasteiger partial charge in [0.25, 0.3) is 10.0 Å². The van der Waals surface area contributed by atoms with E-state index in [2.05, 4.69) is 9.88 Å². The first-order valence-electron chi connectivity index (χ1n) is 6.17. The number of nitrogens with zero attached hydrogens (tertiary/aromatic N) is 4. The van der Waals surface area contributed by atoms with Gasteiger partial charge in [-0.15, -0.1) is 0 Å². The standard InChI is InChI=1S/C11H20N4O2S/c1-4-14-9-11(12-10(14)2)18(16,17)15-7-5-13(3)6-8-15/h9H,4-8H2,1-3H3. The van der Waals surface area contributed by atoms with Crippen LogP contribution in [0.1, 0.15) is 12.7 Å². The van der Waals surface area contributed by atoms with E-state index in [0.29, 0.717) is 13.1 Å². The lowest BCUT2D eigenvalue weighted by atomic mass is 10.4. The van der Waals surface area contributed by atoms with Crippen molar-refractivity contribution < 1.29 is 8.42 Å². The number of hydrogen-bond donors (Lipinski definition) is 0. The van der Waals surface area contributed by atoms with Gasteiger partial charge >= 0.3 is 0 Å². The third-order valence-electron chi connectivity index (χ3n) is 3.36. The highest BCUT2D eigenvalue weighted by Gasteiger charge is 2.29. The fourth-order valence-electron chi connectivity index (χ4n) is 2.08. The Labute approximate surface area is 108 Å². The second-order valence-electron chi connectivity index (χ2n) is 4.62. The second kappa shape index (κ2) is 4.99. The van der Waals surface area contributed by atoms with Crippen molar-refractivity contribution in [2.24, 2.45) is 0 Å². The molecule has 2 rings (SSSR count). The number of likely N-dealkylation sites (N-methyl/N-ethyl adjacent to an activating group) is 1. The van der Waals surface area contributed by atoms with E-state index in [-0.39, 0.29) is 5.03 Å². The molecule has 2 heterocycles. The topological polar surface area (TPSA) is 58.4 Å². The zero-order valence-electron chi connectivity index (χ0n) is 11.1.